The van der Waals surface area contributed by atoms with Crippen LogP contribution < -0.4 is 20.9 Å². The topological polar surface area (TPSA) is 134 Å². The summed E-state index contributed by atoms with van der Waals surface area (Å²) in [7, 11) is 0. The number of carbonyl (C=O) groups is 1. The number of nitrogens with two attached hydrogens (primary N) is 2. The quantitative estimate of drug-likeness (QED) is 0.206. The van der Waals surface area contributed by atoms with Crippen molar-refractivity contribution in [2.75, 3.05) is 12.3 Å². The van der Waals surface area contributed by atoms with Gasteiger partial charge in [0.15, 0.2) is 6.61 Å². The number of carboxylic acids is 1. The summed E-state index contributed by atoms with van der Waals surface area (Å²) in [4.78, 5) is 18.9. The van der Waals surface area contributed by atoms with Crippen LogP contribution in [0.2, 0.25) is 0 Å². The molecule has 2 aromatic carbocycles. The minimum absolute atomic E-state index is 0. The minimum Gasteiger partial charge on any atom is -0.484 e. The van der Waals surface area contributed by atoms with E-state index in [1.54, 1.807) is 36.4 Å². The summed E-state index contributed by atoms with van der Waals surface area (Å²) in [5.74, 6) is -2.70. The molecule has 0 radical (unpaired) electrons. The van der Waals surface area contributed by atoms with E-state index in [1.807, 2.05) is 0 Å². The average molecular weight is 647 g/mol. The van der Waals surface area contributed by atoms with Gasteiger partial charge in [-0.1, -0.05) is 48.5 Å². The molecule has 0 fully saturated rings. The summed E-state index contributed by atoms with van der Waals surface area (Å²) in [6.45, 7) is -1.82. The molecule has 238 valence electrons. The van der Waals surface area contributed by atoms with Crippen molar-refractivity contribution in [2.24, 2.45) is 11.7 Å². The van der Waals surface area contributed by atoms with Gasteiger partial charge in [0.2, 0.25) is 17.9 Å². The molecule has 8 nitrogen and oxygen atoms in total. The summed E-state index contributed by atoms with van der Waals surface area (Å²) >= 11 is 0. The number of halogens is 7. The molecule has 3 atom stereocenters. The Bertz CT molecular complexity index is 1470. The van der Waals surface area contributed by atoms with Gasteiger partial charge in [0.1, 0.15) is 11.8 Å². The van der Waals surface area contributed by atoms with Crippen molar-refractivity contribution in [3.63, 3.8) is 0 Å². The standard InChI is InChI=1S/C29H28F6N4O4.ClH/c30-28(31,32)15-42-23-13-19(17-4-2-1-3-5-17)10-11-20(23)25(29(33,34)35)43-24-14-22(38-27(37)39-24)18-8-6-16(7-9-18)12-21(36)26(40)41;/h1-5,8,10-11,13-14,16,21,25H,6-7,9,12,15,36H2,(H,40,41)(H2,37,38,39);1H. The Labute approximate surface area is 254 Å². The second kappa shape index (κ2) is 14.2. The maximum absolute atomic E-state index is 14.4. The maximum atomic E-state index is 14.4. The van der Waals surface area contributed by atoms with Gasteiger partial charge in [-0.2, -0.15) is 31.3 Å². The third-order valence-electron chi connectivity index (χ3n) is 6.80. The zero-order chi connectivity index (χ0) is 31.4. The molecular weight excluding hydrogens is 618 g/mol. The van der Waals surface area contributed by atoms with Crippen molar-refractivity contribution in [3.05, 3.63) is 71.9 Å². The number of aliphatic carboxylic acids is 1. The van der Waals surface area contributed by atoms with E-state index in [1.165, 1.54) is 12.1 Å². The van der Waals surface area contributed by atoms with Gasteiger partial charge in [0, 0.05) is 11.6 Å². The molecule has 1 aliphatic carbocycles. The summed E-state index contributed by atoms with van der Waals surface area (Å²) < 4.78 is 92.3. The van der Waals surface area contributed by atoms with Crippen LogP contribution in [0.5, 0.6) is 11.6 Å². The van der Waals surface area contributed by atoms with Gasteiger partial charge in [0.25, 0.3) is 0 Å². The van der Waals surface area contributed by atoms with E-state index in [0.717, 1.165) is 12.1 Å². The number of allylic oxidation sites excluding steroid dienone is 2. The lowest BCUT2D eigenvalue weighted by Gasteiger charge is -2.25. The molecule has 0 saturated heterocycles. The first-order chi connectivity index (χ1) is 20.2. The number of aromatic nitrogens is 2. The van der Waals surface area contributed by atoms with Gasteiger partial charge in [-0.3, -0.25) is 4.79 Å². The number of ether oxygens (including phenoxy) is 2. The van der Waals surface area contributed by atoms with Crippen molar-refractivity contribution in [1.82, 2.24) is 9.97 Å². The summed E-state index contributed by atoms with van der Waals surface area (Å²) in [5, 5.41) is 9.04. The van der Waals surface area contributed by atoms with Crippen LogP contribution in [0.4, 0.5) is 32.3 Å². The number of benzene rings is 2. The van der Waals surface area contributed by atoms with Gasteiger partial charge >= 0.3 is 18.3 Å². The van der Waals surface area contributed by atoms with Gasteiger partial charge in [-0.25, -0.2) is 4.98 Å². The SMILES string of the molecule is Cl.Nc1nc(OC(c2ccc(-c3ccccc3)cc2OCC(F)(F)F)C(F)(F)F)cc(C2=CCC(CC(N)C(=O)O)CC2)n1. The molecular formula is C29H29ClF6N4O4. The number of hydrogen-bond acceptors (Lipinski definition) is 7. The largest absolute Gasteiger partial charge is 0.484 e. The number of alkyl halides is 6. The molecule has 3 unspecified atom stereocenters. The molecule has 0 aliphatic heterocycles. The molecule has 5 N–H and O–H groups in total. The Morgan fingerprint density at radius 1 is 1.02 bits per heavy atom. The molecule has 0 bridgehead atoms. The Kier molecular flexibility index (Phi) is 11.1. The lowest BCUT2D eigenvalue weighted by atomic mass is 9.84. The van der Waals surface area contributed by atoms with E-state index in [4.69, 9.17) is 26.0 Å². The van der Waals surface area contributed by atoms with E-state index in [9.17, 15) is 31.1 Å². The highest BCUT2D eigenvalue weighted by Crippen LogP contribution is 2.43. The van der Waals surface area contributed by atoms with E-state index in [-0.39, 0.29) is 36.4 Å². The van der Waals surface area contributed by atoms with Crippen molar-refractivity contribution in [2.45, 2.75) is 50.2 Å². The number of carboxylic acid groups (broad SMARTS) is 1. The van der Waals surface area contributed by atoms with Crippen LogP contribution in [-0.2, 0) is 4.79 Å². The lowest BCUT2D eigenvalue weighted by molar-refractivity contribution is -0.199. The van der Waals surface area contributed by atoms with Crippen LogP contribution in [0.3, 0.4) is 0 Å². The van der Waals surface area contributed by atoms with Crippen LogP contribution in [-0.4, -0.2) is 46.0 Å². The van der Waals surface area contributed by atoms with Crippen LogP contribution in [0, 0.1) is 5.92 Å². The van der Waals surface area contributed by atoms with Crippen LogP contribution in [0.1, 0.15) is 43.0 Å². The summed E-state index contributed by atoms with van der Waals surface area (Å²) in [5.41, 5.74) is 12.5. The number of anilines is 1. The maximum Gasteiger partial charge on any atom is 0.429 e. The first-order valence-corrected chi connectivity index (χ1v) is 13.1. The number of nitrogen functional groups attached to an aromatic ring is 1. The molecule has 15 heteroatoms. The molecule has 3 aromatic rings. The fourth-order valence-electron chi connectivity index (χ4n) is 4.74. The van der Waals surface area contributed by atoms with Crippen molar-refractivity contribution < 1.29 is 45.7 Å². The molecule has 0 spiro atoms. The van der Waals surface area contributed by atoms with Crippen LogP contribution in [0.15, 0.2) is 60.7 Å². The van der Waals surface area contributed by atoms with Crippen molar-refractivity contribution >= 4 is 29.9 Å². The summed E-state index contributed by atoms with van der Waals surface area (Å²) in [6.07, 6.45) is -9.17. The van der Waals surface area contributed by atoms with Gasteiger partial charge in [-0.15, -0.1) is 12.4 Å². The number of hydrogen-bond donors (Lipinski definition) is 3. The fraction of sp³-hybridized carbons (Fsp3) is 0.345. The van der Waals surface area contributed by atoms with Gasteiger partial charge < -0.3 is 26.0 Å². The number of rotatable bonds is 10. The highest BCUT2D eigenvalue weighted by Gasteiger charge is 2.45. The van der Waals surface area contributed by atoms with Crippen molar-refractivity contribution in [3.8, 4) is 22.8 Å². The van der Waals surface area contributed by atoms with Gasteiger partial charge in [0.05, 0.1) is 5.69 Å². The van der Waals surface area contributed by atoms with E-state index < -0.39 is 54.3 Å². The Hall–Kier alpha value is -4.04. The third-order valence-corrected chi connectivity index (χ3v) is 6.80. The molecule has 4 rings (SSSR count). The first kappa shape index (κ1) is 34.5. The first-order valence-electron chi connectivity index (χ1n) is 13.1. The molecule has 1 aliphatic rings. The predicted molar refractivity (Wildman–Crippen MR) is 152 cm³/mol. The van der Waals surface area contributed by atoms with E-state index in [0.29, 0.717) is 36.0 Å². The Morgan fingerprint density at radius 2 is 1.73 bits per heavy atom. The zero-order valence-electron chi connectivity index (χ0n) is 22.9. The molecule has 1 aromatic heterocycles. The van der Waals surface area contributed by atoms with Crippen LogP contribution >= 0.6 is 12.4 Å². The van der Waals surface area contributed by atoms with E-state index >= 15 is 0 Å². The third kappa shape index (κ3) is 9.23. The number of nitrogens with zero attached hydrogens (tertiary/aromatic N) is 2. The predicted octanol–water partition coefficient (Wildman–Crippen LogP) is 6.76. The minimum atomic E-state index is -5.09. The summed E-state index contributed by atoms with van der Waals surface area (Å²) in [6, 6.07) is 11.9. The highest BCUT2D eigenvalue weighted by atomic mass is 35.5. The highest BCUT2D eigenvalue weighted by molar-refractivity contribution is 5.85. The molecule has 0 amide bonds. The average Bonchev–Trinajstić information content (AvgIpc) is 2.94. The Balaban J connectivity index is 0.00000529. The monoisotopic (exact) mass is 646 g/mol. The lowest BCUT2D eigenvalue weighted by Crippen LogP contribution is -2.32. The molecule has 44 heavy (non-hydrogen) atoms. The normalized spacial score (nSPS) is 16.7. The zero-order valence-corrected chi connectivity index (χ0v) is 23.8. The van der Waals surface area contributed by atoms with Gasteiger partial charge in [-0.05, 0) is 54.4 Å². The smallest absolute Gasteiger partial charge is 0.429 e. The second-order valence-electron chi connectivity index (χ2n) is 10.1. The van der Waals surface area contributed by atoms with E-state index in [2.05, 4.69) is 9.97 Å². The molecule has 0 saturated carbocycles. The molecule has 1 heterocycles. The Morgan fingerprint density at radius 3 is 2.32 bits per heavy atom. The second-order valence-corrected chi connectivity index (χ2v) is 10.1. The van der Waals surface area contributed by atoms with Crippen LogP contribution in [0.25, 0.3) is 16.7 Å². The van der Waals surface area contributed by atoms with Crippen molar-refractivity contribution in [1.29, 1.82) is 0 Å². The fourth-order valence-corrected chi connectivity index (χ4v) is 4.74.